The lowest BCUT2D eigenvalue weighted by molar-refractivity contribution is 0.184. The molecule has 0 aliphatic carbocycles. The zero-order valence-corrected chi connectivity index (χ0v) is 11.8. The summed E-state index contributed by atoms with van der Waals surface area (Å²) in [4.78, 5) is 3.44. The molecule has 3 rings (SSSR count). The van der Waals surface area contributed by atoms with Gasteiger partial charge in [0.15, 0.2) is 0 Å². The van der Waals surface area contributed by atoms with Crippen LogP contribution in [0, 0.1) is 0 Å². The zero-order valence-electron chi connectivity index (χ0n) is 11.0. The van der Waals surface area contributed by atoms with Gasteiger partial charge in [-0.1, -0.05) is 30.7 Å². The van der Waals surface area contributed by atoms with Crippen molar-refractivity contribution >= 4 is 33.4 Å². The van der Waals surface area contributed by atoms with E-state index < -0.39 is 0 Å². The van der Waals surface area contributed by atoms with E-state index in [4.69, 9.17) is 16.3 Å². The van der Waals surface area contributed by atoms with E-state index in [0.29, 0.717) is 5.92 Å². The summed E-state index contributed by atoms with van der Waals surface area (Å²) in [6.45, 7) is 2.90. The maximum Gasteiger partial charge on any atom is 0.0528 e. The number of fused-ring (bicyclic) bond motifs is 3. The number of H-pyrrole nitrogens is 1. The summed E-state index contributed by atoms with van der Waals surface area (Å²) in [7, 11) is 1.74. The zero-order chi connectivity index (χ0) is 13.4. The van der Waals surface area contributed by atoms with Gasteiger partial charge in [-0.2, -0.15) is 0 Å². The molecule has 2 nitrogen and oxygen atoms in total. The first-order valence-corrected chi connectivity index (χ1v) is 6.76. The Kier molecular flexibility index (Phi) is 3.21. The number of benzene rings is 2. The largest absolute Gasteiger partial charge is 0.384 e. The van der Waals surface area contributed by atoms with Crippen LogP contribution >= 0.6 is 11.6 Å². The maximum absolute atomic E-state index is 6.07. The molecule has 0 fully saturated rings. The molecule has 0 aliphatic rings. The maximum atomic E-state index is 6.07. The number of aromatic amines is 1. The Labute approximate surface area is 117 Å². The molecule has 0 saturated carbocycles. The van der Waals surface area contributed by atoms with Gasteiger partial charge in [-0.05, 0) is 29.8 Å². The number of hydrogen-bond acceptors (Lipinski definition) is 1. The van der Waals surface area contributed by atoms with Gasteiger partial charge in [0.2, 0.25) is 0 Å². The van der Waals surface area contributed by atoms with E-state index in [1.54, 1.807) is 7.11 Å². The van der Waals surface area contributed by atoms with Gasteiger partial charge < -0.3 is 9.72 Å². The Morgan fingerprint density at radius 3 is 2.74 bits per heavy atom. The lowest BCUT2D eigenvalue weighted by Crippen LogP contribution is -2.01. The van der Waals surface area contributed by atoms with Crippen molar-refractivity contribution in [2.75, 3.05) is 13.7 Å². The molecule has 3 heteroatoms. The molecule has 2 aromatic carbocycles. The molecule has 3 aromatic rings. The van der Waals surface area contributed by atoms with Crippen LogP contribution in [-0.2, 0) is 4.74 Å². The Balaban J connectivity index is 2.16. The summed E-state index contributed by atoms with van der Waals surface area (Å²) in [6, 6.07) is 12.5. The van der Waals surface area contributed by atoms with E-state index >= 15 is 0 Å². The third kappa shape index (κ3) is 2.22. The van der Waals surface area contributed by atoms with E-state index in [9.17, 15) is 0 Å². The Morgan fingerprint density at radius 1 is 1.11 bits per heavy atom. The highest BCUT2D eigenvalue weighted by Crippen LogP contribution is 2.30. The fourth-order valence-electron chi connectivity index (χ4n) is 2.55. The number of rotatable bonds is 3. The Bertz CT molecular complexity index is 732. The smallest absolute Gasteiger partial charge is 0.0528 e. The second kappa shape index (κ2) is 4.87. The van der Waals surface area contributed by atoms with Gasteiger partial charge in [-0.3, -0.25) is 0 Å². The summed E-state index contributed by atoms with van der Waals surface area (Å²) >= 11 is 6.07. The first kappa shape index (κ1) is 12.5. The number of halogens is 1. The molecule has 1 heterocycles. The first-order chi connectivity index (χ1) is 9.19. The molecule has 0 radical (unpaired) electrons. The number of methoxy groups -OCH3 is 1. The highest BCUT2D eigenvalue weighted by atomic mass is 35.5. The van der Waals surface area contributed by atoms with Crippen molar-refractivity contribution in [1.29, 1.82) is 0 Å². The highest BCUT2D eigenvalue weighted by molar-refractivity contribution is 6.31. The lowest BCUT2D eigenvalue weighted by Gasteiger charge is -2.10. The van der Waals surface area contributed by atoms with Crippen LogP contribution in [0.5, 0.6) is 0 Å². The van der Waals surface area contributed by atoms with Gasteiger partial charge in [0, 0.05) is 39.9 Å². The van der Waals surface area contributed by atoms with Crippen LogP contribution in [-0.4, -0.2) is 18.7 Å². The lowest BCUT2D eigenvalue weighted by atomic mass is 10.0. The topological polar surface area (TPSA) is 25.0 Å². The van der Waals surface area contributed by atoms with Crippen LogP contribution in [0.25, 0.3) is 21.8 Å². The molecule has 1 unspecified atom stereocenters. The van der Waals surface area contributed by atoms with Gasteiger partial charge >= 0.3 is 0 Å². The number of nitrogens with one attached hydrogen (secondary N) is 1. The molecule has 0 bridgehead atoms. The van der Waals surface area contributed by atoms with Crippen LogP contribution in [0.15, 0.2) is 36.4 Å². The van der Waals surface area contributed by atoms with Gasteiger partial charge in [0.25, 0.3) is 0 Å². The average molecular weight is 274 g/mol. The van der Waals surface area contributed by atoms with Gasteiger partial charge in [-0.25, -0.2) is 0 Å². The highest BCUT2D eigenvalue weighted by Gasteiger charge is 2.09. The molecule has 19 heavy (non-hydrogen) atoms. The summed E-state index contributed by atoms with van der Waals surface area (Å²) in [5, 5.41) is 3.16. The Morgan fingerprint density at radius 2 is 1.95 bits per heavy atom. The van der Waals surface area contributed by atoms with Crippen molar-refractivity contribution in [2.45, 2.75) is 12.8 Å². The molecule has 0 aliphatic heterocycles. The average Bonchev–Trinajstić information content (AvgIpc) is 2.76. The van der Waals surface area contributed by atoms with E-state index in [1.807, 2.05) is 18.2 Å². The second-order valence-electron chi connectivity index (χ2n) is 4.98. The van der Waals surface area contributed by atoms with Crippen LogP contribution in [0.2, 0.25) is 5.02 Å². The molecule has 0 saturated heterocycles. The molecular weight excluding hydrogens is 258 g/mol. The summed E-state index contributed by atoms with van der Waals surface area (Å²) < 4.78 is 5.22. The summed E-state index contributed by atoms with van der Waals surface area (Å²) in [6.07, 6.45) is 0. The van der Waals surface area contributed by atoms with Crippen LogP contribution in [0.1, 0.15) is 18.4 Å². The molecule has 0 spiro atoms. The standard InChI is InChI=1S/C16H16ClNO/c1-10(9-19-2)11-3-5-13-14-8-12(17)4-6-15(14)18-16(13)7-11/h3-8,10,18H,9H2,1-2H3. The molecular formula is C16H16ClNO. The minimum absolute atomic E-state index is 0.393. The second-order valence-corrected chi connectivity index (χ2v) is 5.41. The molecule has 0 amide bonds. The van der Waals surface area contributed by atoms with Crippen LogP contribution in [0.3, 0.4) is 0 Å². The van der Waals surface area contributed by atoms with Crippen LogP contribution in [0.4, 0.5) is 0 Å². The molecule has 1 aromatic heterocycles. The number of ether oxygens (including phenoxy) is 1. The van der Waals surface area contributed by atoms with Crippen molar-refractivity contribution in [1.82, 2.24) is 4.98 Å². The number of hydrogen-bond donors (Lipinski definition) is 1. The van der Waals surface area contributed by atoms with E-state index in [2.05, 4.69) is 30.1 Å². The molecule has 1 atom stereocenters. The third-order valence-corrected chi connectivity index (χ3v) is 3.81. The summed E-state index contributed by atoms with van der Waals surface area (Å²) in [5.74, 6) is 0.393. The van der Waals surface area contributed by atoms with Crippen molar-refractivity contribution in [2.24, 2.45) is 0 Å². The molecule has 1 N–H and O–H groups in total. The van der Waals surface area contributed by atoms with E-state index in [1.165, 1.54) is 16.3 Å². The summed E-state index contributed by atoms with van der Waals surface area (Å²) in [5.41, 5.74) is 3.56. The fraction of sp³-hybridized carbons (Fsp3) is 0.250. The minimum atomic E-state index is 0.393. The minimum Gasteiger partial charge on any atom is -0.384 e. The van der Waals surface area contributed by atoms with Gasteiger partial charge in [-0.15, -0.1) is 0 Å². The monoisotopic (exact) mass is 273 g/mol. The van der Waals surface area contributed by atoms with Crippen molar-refractivity contribution in [3.05, 3.63) is 47.0 Å². The quantitative estimate of drug-likeness (QED) is 0.733. The predicted octanol–water partition coefficient (Wildman–Crippen LogP) is 4.72. The molecule has 98 valence electrons. The van der Waals surface area contributed by atoms with Crippen molar-refractivity contribution < 1.29 is 4.74 Å². The van der Waals surface area contributed by atoms with Crippen molar-refractivity contribution in [3.63, 3.8) is 0 Å². The normalized spacial score (nSPS) is 13.2. The van der Waals surface area contributed by atoms with Crippen molar-refractivity contribution in [3.8, 4) is 0 Å². The fourth-order valence-corrected chi connectivity index (χ4v) is 2.72. The number of aromatic nitrogens is 1. The third-order valence-electron chi connectivity index (χ3n) is 3.57. The van der Waals surface area contributed by atoms with Crippen LogP contribution < -0.4 is 0 Å². The first-order valence-electron chi connectivity index (χ1n) is 6.39. The van der Waals surface area contributed by atoms with Gasteiger partial charge in [0.05, 0.1) is 6.61 Å². The predicted molar refractivity (Wildman–Crippen MR) is 81.1 cm³/mol. The Hall–Kier alpha value is -1.51. The van der Waals surface area contributed by atoms with E-state index in [0.717, 1.165) is 22.7 Å². The van der Waals surface area contributed by atoms with E-state index in [-0.39, 0.29) is 0 Å². The SMILES string of the molecule is COCC(C)c1ccc2c(c1)[nH]c1ccc(Cl)cc12. The van der Waals surface area contributed by atoms with Gasteiger partial charge in [0.1, 0.15) is 0 Å².